The van der Waals surface area contributed by atoms with E-state index in [1.54, 1.807) is 0 Å². The molecular weight excluding hydrogens is 306 g/mol. The van der Waals surface area contributed by atoms with E-state index in [0.29, 0.717) is 17.2 Å². The topological polar surface area (TPSA) is 29.1 Å². The lowest BCUT2D eigenvalue weighted by Crippen LogP contribution is -2.58. The predicted octanol–water partition coefficient (Wildman–Crippen LogP) is 5.81. The van der Waals surface area contributed by atoms with Gasteiger partial charge >= 0.3 is 0 Å². The molecule has 3 aliphatic rings. The summed E-state index contributed by atoms with van der Waals surface area (Å²) < 4.78 is 0. The summed E-state index contributed by atoms with van der Waals surface area (Å²) in [6, 6.07) is 0.246. The average Bonchev–Trinajstić information content (AvgIpc) is 2.53. The van der Waals surface area contributed by atoms with Gasteiger partial charge in [0, 0.05) is 11.5 Å². The van der Waals surface area contributed by atoms with E-state index >= 15 is 0 Å². The van der Waals surface area contributed by atoms with Gasteiger partial charge in [-0.3, -0.25) is 4.79 Å². The second-order valence-corrected chi connectivity index (χ2v) is 10.7. The molecule has 2 nitrogen and oxygen atoms in total. The van der Waals surface area contributed by atoms with Gasteiger partial charge in [0.1, 0.15) is 0 Å². The molecule has 25 heavy (non-hydrogen) atoms. The Labute approximate surface area is 155 Å². The van der Waals surface area contributed by atoms with Crippen molar-refractivity contribution in [2.24, 2.45) is 40.4 Å². The van der Waals surface area contributed by atoms with Crippen LogP contribution in [0, 0.1) is 40.4 Å². The van der Waals surface area contributed by atoms with Gasteiger partial charge in [0.25, 0.3) is 0 Å². The van der Waals surface area contributed by atoms with E-state index in [-0.39, 0.29) is 11.5 Å². The highest BCUT2D eigenvalue weighted by molar-refractivity contribution is 5.83. The van der Waals surface area contributed by atoms with Crippen molar-refractivity contribution in [3.63, 3.8) is 0 Å². The fraction of sp³-hybridized carbons (Fsp3) is 0.957. The molecule has 0 saturated heterocycles. The maximum atomic E-state index is 13.1. The van der Waals surface area contributed by atoms with Crippen LogP contribution in [0.15, 0.2) is 0 Å². The zero-order chi connectivity index (χ0) is 18.4. The smallest absolute Gasteiger partial charge is 0.226 e. The number of rotatable bonds is 3. The third kappa shape index (κ3) is 3.28. The van der Waals surface area contributed by atoms with Crippen LogP contribution in [0.4, 0.5) is 0 Å². The molecule has 0 bridgehead atoms. The molecule has 0 spiro atoms. The first-order chi connectivity index (χ1) is 11.7. The Morgan fingerprint density at radius 2 is 1.72 bits per heavy atom. The van der Waals surface area contributed by atoms with Gasteiger partial charge in [0.15, 0.2) is 0 Å². The van der Waals surface area contributed by atoms with Crippen molar-refractivity contribution in [2.45, 2.75) is 99.0 Å². The van der Waals surface area contributed by atoms with Crippen LogP contribution in [0.3, 0.4) is 0 Å². The third-order valence-corrected chi connectivity index (χ3v) is 8.55. The minimum absolute atomic E-state index is 0.156. The second-order valence-electron chi connectivity index (χ2n) is 10.7. The molecule has 0 aliphatic heterocycles. The second kappa shape index (κ2) is 6.89. The monoisotopic (exact) mass is 347 g/mol. The van der Waals surface area contributed by atoms with Crippen LogP contribution in [0.2, 0.25) is 0 Å². The first-order valence-corrected chi connectivity index (χ1v) is 11.0. The number of hydrogen-bond acceptors (Lipinski definition) is 1. The number of hydrogen-bond donors (Lipinski definition) is 1. The molecule has 3 saturated carbocycles. The number of amides is 1. The molecule has 3 fully saturated rings. The molecule has 6 atom stereocenters. The van der Waals surface area contributed by atoms with Crippen LogP contribution in [0.1, 0.15) is 92.9 Å². The van der Waals surface area contributed by atoms with Gasteiger partial charge < -0.3 is 5.32 Å². The molecule has 3 aliphatic carbocycles. The Morgan fingerprint density at radius 3 is 2.36 bits per heavy atom. The first-order valence-electron chi connectivity index (χ1n) is 11.0. The molecule has 1 N–H and O–H groups in total. The first kappa shape index (κ1) is 19.2. The fourth-order valence-electron chi connectivity index (χ4n) is 7.18. The molecule has 0 aromatic carbocycles. The maximum Gasteiger partial charge on any atom is 0.226 e. The van der Waals surface area contributed by atoms with E-state index in [2.05, 4.69) is 46.9 Å². The Balaban J connectivity index is 1.83. The van der Waals surface area contributed by atoms with Crippen molar-refractivity contribution < 1.29 is 4.79 Å². The highest BCUT2D eigenvalue weighted by Crippen LogP contribution is 2.64. The van der Waals surface area contributed by atoms with Gasteiger partial charge in [-0.15, -0.1) is 0 Å². The Kier molecular flexibility index (Phi) is 5.30. The fourth-order valence-corrected chi connectivity index (χ4v) is 7.18. The van der Waals surface area contributed by atoms with Gasteiger partial charge in [-0.25, -0.2) is 0 Å². The molecule has 0 heterocycles. The van der Waals surface area contributed by atoms with Crippen molar-refractivity contribution in [1.29, 1.82) is 0 Å². The largest absolute Gasteiger partial charge is 0.353 e. The van der Waals surface area contributed by atoms with Crippen molar-refractivity contribution >= 4 is 5.91 Å². The lowest BCUT2D eigenvalue weighted by atomic mass is 9.43. The zero-order valence-electron chi connectivity index (χ0n) is 17.5. The quantitative estimate of drug-likeness (QED) is 0.686. The normalized spacial score (nSPS) is 44.3. The third-order valence-electron chi connectivity index (χ3n) is 8.55. The van der Waals surface area contributed by atoms with Crippen LogP contribution in [-0.2, 0) is 4.79 Å². The van der Waals surface area contributed by atoms with Crippen LogP contribution >= 0.6 is 0 Å². The highest BCUT2D eigenvalue weighted by atomic mass is 16.2. The van der Waals surface area contributed by atoms with E-state index in [9.17, 15) is 4.79 Å². The number of fused-ring (bicyclic) bond motifs is 3. The summed E-state index contributed by atoms with van der Waals surface area (Å²) in [5.74, 6) is 4.43. The SMILES string of the molecule is CC(C)NC(=O)[C@@]1(C)CCC[C@@]2(C)C1CCC1CC(C(C)C)CC[C@H]12. The van der Waals surface area contributed by atoms with Gasteiger partial charge in [-0.05, 0) is 93.8 Å². The number of carbonyl (C=O) groups is 1. The summed E-state index contributed by atoms with van der Waals surface area (Å²) in [4.78, 5) is 13.1. The minimum atomic E-state index is -0.156. The van der Waals surface area contributed by atoms with Crippen molar-refractivity contribution in [2.75, 3.05) is 0 Å². The van der Waals surface area contributed by atoms with Gasteiger partial charge in [-0.1, -0.05) is 34.1 Å². The Bertz CT molecular complexity index is 498. The average molecular weight is 348 g/mol. The molecule has 0 radical (unpaired) electrons. The van der Waals surface area contributed by atoms with Crippen LogP contribution in [0.25, 0.3) is 0 Å². The lowest BCUT2D eigenvalue weighted by Gasteiger charge is -2.61. The van der Waals surface area contributed by atoms with Crippen LogP contribution in [-0.4, -0.2) is 11.9 Å². The molecule has 1 amide bonds. The minimum Gasteiger partial charge on any atom is -0.353 e. The summed E-state index contributed by atoms with van der Waals surface area (Å²) in [5.41, 5.74) is 0.226. The Hall–Kier alpha value is -0.530. The summed E-state index contributed by atoms with van der Waals surface area (Å²) >= 11 is 0. The van der Waals surface area contributed by atoms with Gasteiger partial charge in [0.05, 0.1) is 0 Å². The van der Waals surface area contributed by atoms with Crippen LogP contribution in [0.5, 0.6) is 0 Å². The van der Waals surface area contributed by atoms with E-state index in [4.69, 9.17) is 0 Å². The van der Waals surface area contributed by atoms with Crippen molar-refractivity contribution in [1.82, 2.24) is 5.32 Å². The van der Waals surface area contributed by atoms with E-state index < -0.39 is 0 Å². The van der Waals surface area contributed by atoms with Crippen molar-refractivity contribution in [3.05, 3.63) is 0 Å². The molecule has 3 unspecified atom stereocenters. The molecule has 2 heteroatoms. The summed E-state index contributed by atoms with van der Waals surface area (Å²) in [5, 5.41) is 3.26. The lowest BCUT2D eigenvalue weighted by molar-refractivity contribution is -0.157. The predicted molar refractivity (Wildman–Crippen MR) is 105 cm³/mol. The van der Waals surface area contributed by atoms with Gasteiger partial charge in [-0.2, -0.15) is 0 Å². The van der Waals surface area contributed by atoms with Crippen LogP contribution < -0.4 is 5.32 Å². The summed E-state index contributed by atoms with van der Waals surface area (Å²) in [6.45, 7) is 13.8. The number of carbonyl (C=O) groups excluding carboxylic acids is 1. The van der Waals surface area contributed by atoms with Crippen molar-refractivity contribution in [3.8, 4) is 0 Å². The molecule has 0 aromatic heterocycles. The van der Waals surface area contributed by atoms with Gasteiger partial charge in [0.2, 0.25) is 5.91 Å². The van der Waals surface area contributed by atoms with E-state index in [0.717, 1.165) is 30.1 Å². The Morgan fingerprint density at radius 1 is 1.00 bits per heavy atom. The highest BCUT2D eigenvalue weighted by Gasteiger charge is 2.59. The standard InChI is InChI=1S/C23H41NO/c1-15(2)17-8-10-19-18(14-17)9-11-20-22(19,5)12-7-13-23(20,6)21(25)24-16(3)4/h15-20H,7-14H2,1-6H3,(H,24,25)/t17?,18?,19-,20?,22-,23+/m1/s1. The summed E-state index contributed by atoms with van der Waals surface area (Å²) in [7, 11) is 0. The molecular formula is C23H41NO. The molecule has 0 aromatic rings. The van der Waals surface area contributed by atoms with E-state index in [1.807, 2.05) is 0 Å². The summed E-state index contributed by atoms with van der Waals surface area (Å²) in [6.07, 6.45) is 10.5. The van der Waals surface area contributed by atoms with E-state index in [1.165, 1.54) is 44.9 Å². The molecule has 3 rings (SSSR count). The number of nitrogens with one attached hydrogen (secondary N) is 1. The maximum absolute atomic E-state index is 13.1. The molecule has 144 valence electrons. The zero-order valence-corrected chi connectivity index (χ0v) is 17.5.